The highest BCUT2D eigenvalue weighted by Crippen LogP contribution is 2.47. The first kappa shape index (κ1) is 17.3. The fourth-order valence-electron chi connectivity index (χ4n) is 2.14. The van der Waals surface area contributed by atoms with E-state index in [4.69, 9.17) is 0 Å². The number of hydrogen-bond donors (Lipinski definition) is 2. The molecule has 0 aliphatic heterocycles. The number of hydrogen-bond acceptors (Lipinski definition) is 2. The Labute approximate surface area is 132 Å². The molecule has 1 saturated carbocycles. The molecule has 0 heterocycles. The molecule has 1 fully saturated rings. The van der Waals surface area contributed by atoms with E-state index in [2.05, 4.69) is 10.6 Å². The Bertz CT molecular complexity index is 592. The molecule has 1 unspecified atom stereocenters. The van der Waals surface area contributed by atoms with Crippen LogP contribution in [0.1, 0.15) is 38.7 Å². The zero-order chi connectivity index (χ0) is 17.3. The number of alkyl halides is 3. The summed E-state index contributed by atoms with van der Waals surface area (Å²) in [6.45, 7) is 3.77. The fourth-order valence-corrected chi connectivity index (χ4v) is 2.14. The zero-order valence-electron chi connectivity index (χ0n) is 13.0. The minimum atomic E-state index is -4.42. The van der Waals surface area contributed by atoms with E-state index in [-0.39, 0.29) is 17.6 Å². The van der Waals surface area contributed by atoms with Crippen molar-refractivity contribution in [2.24, 2.45) is 5.41 Å². The molecular weight excluding hydrogens is 309 g/mol. The molecule has 1 aromatic rings. The number of nitrogens with one attached hydrogen (secondary N) is 2. The van der Waals surface area contributed by atoms with Gasteiger partial charge in [0.1, 0.15) is 5.41 Å². The van der Waals surface area contributed by atoms with Crippen molar-refractivity contribution in [2.75, 3.05) is 5.32 Å². The Hall–Kier alpha value is -2.05. The second kappa shape index (κ2) is 6.22. The normalized spacial score (nSPS) is 17.3. The lowest BCUT2D eigenvalue weighted by Gasteiger charge is -2.18. The Morgan fingerprint density at radius 1 is 1.17 bits per heavy atom. The summed E-state index contributed by atoms with van der Waals surface area (Å²) < 4.78 is 37.5. The van der Waals surface area contributed by atoms with Gasteiger partial charge in [-0.25, -0.2) is 0 Å². The SMILES string of the molecule is CCC(C)NC(=O)C1(C(=O)Nc2ccc(C(F)(F)F)cc2)CC1. The van der Waals surface area contributed by atoms with E-state index in [1.54, 1.807) is 0 Å². The summed E-state index contributed by atoms with van der Waals surface area (Å²) in [6.07, 6.45) is -2.78. The first-order chi connectivity index (χ1) is 10.7. The van der Waals surface area contributed by atoms with E-state index < -0.39 is 23.1 Å². The maximum absolute atomic E-state index is 12.5. The summed E-state index contributed by atoms with van der Waals surface area (Å²) in [5, 5.41) is 5.31. The molecule has 1 aliphatic carbocycles. The average molecular weight is 328 g/mol. The van der Waals surface area contributed by atoms with Crippen LogP contribution in [0.3, 0.4) is 0 Å². The summed E-state index contributed by atoms with van der Waals surface area (Å²) in [7, 11) is 0. The molecule has 2 amide bonds. The van der Waals surface area contributed by atoms with Crippen molar-refractivity contribution in [3.8, 4) is 0 Å². The number of halogens is 3. The van der Waals surface area contributed by atoms with E-state index in [1.165, 1.54) is 12.1 Å². The average Bonchev–Trinajstić information content (AvgIpc) is 3.28. The molecule has 1 atom stereocenters. The van der Waals surface area contributed by atoms with Gasteiger partial charge >= 0.3 is 6.18 Å². The molecule has 23 heavy (non-hydrogen) atoms. The maximum atomic E-state index is 12.5. The van der Waals surface area contributed by atoms with E-state index in [0.29, 0.717) is 12.8 Å². The van der Waals surface area contributed by atoms with Gasteiger partial charge in [0.2, 0.25) is 11.8 Å². The summed E-state index contributed by atoms with van der Waals surface area (Å²) in [5.41, 5.74) is -1.64. The minimum absolute atomic E-state index is 0.0288. The molecule has 0 bridgehead atoms. The number of carbonyl (C=O) groups is 2. The predicted molar refractivity (Wildman–Crippen MR) is 79.6 cm³/mol. The molecule has 1 aliphatic rings. The van der Waals surface area contributed by atoms with Gasteiger partial charge in [0.25, 0.3) is 0 Å². The molecule has 7 heteroatoms. The lowest BCUT2D eigenvalue weighted by Crippen LogP contribution is -2.43. The van der Waals surface area contributed by atoms with Crippen molar-refractivity contribution in [2.45, 2.75) is 45.3 Å². The lowest BCUT2D eigenvalue weighted by atomic mass is 10.0. The Balaban J connectivity index is 2.03. The van der Waals surface area contributed by atoms with Crippen molar-refractivity contribution >= 4 is 17.5 Å². The second-order valence-electron chi connectivity index (χ2n) is 5.89. The van der Waals surface area contributed by atoms with Crippen LogP contribution in [-0.2, 0) is 15.8 Å². The van der Waals surface area contributed by atoms with Crippen LogP contribution in [0.5, 0.6) is 0 Å². The Morgan fingerprint density at radius 3 is 2.17 bits per heavy atom. The topological polar surface area (TPSA) is 58.2 Å². The van der Waals surface area contributed by atoms with Crippen LogP contribution < -0.4 is 10.6 Å². The third kappa shape index (κ3) is 3.83. The van der Waals surface area contributed by atoms with Crippen molar-refractivity contribution < 1.29 is 22.8 Å². The van der Waals surface area contributed by atoms with Gasteiger partial charge in [0.05, 0.1) is 5.56 Å². The van der Waals surface area contributed by atoms with Gasteiger partial charge in [-0.1, -0.05) is 6.92 Å². The molecule has 2 N–H and O–H groups in total. The second-order valence-corrected chi connectivity index (χ2v) is 5.89. The quantitative estimate of drug-likeness (QED) is 0.815. The van der Waals surface area contributed by atoms with Crippen molar-refractivity contribution in [1.29, 1.82) is 0 Å². The van der Waals surface area contributed by atoms with Gasteiger partial charge < -0.3 is 10.6 Å². The molecule has 1 aromatic carbocycles. The molecule has 0 aromatic heterocycles. The van der Waals surface area contributed by atoms with Crippen molar-refractivity contribution in [3.05, 3.63) is 29.8 Å². The van der Waals surface area contributed by atoms with Gasteiger partial charge in [-0.3, -0.25) is 9.59 Å². The Morgan fingerprint density at radius 2 is 1.74 bits per heavy atom. The van der Waals surface area contributed by atoms with Crippen LogP contribution in [0.4, 0.5) is 18.9 Å². The van der Waals surface area contributed by atoms with Gasteiger partial charge in [-0.2, -0.15) is 13.2 Å². The molecule has 0 radical (unpaired) electrons. The van der Waals surface area contributed by atoms with Crippen molar-refractivity contribution in [3.63, 3.8) is 0 Å². The first-order valence-corrected chi connectivity index (χ1v) is 7.49. The van der Waals surface area contributed by atoms with E-state index in [0.717, 1.165) is 18.6 Å². The van der Waals surface area contributed by atoms with Gasteiger partial charge in [-0.05, 0) is 50.5 Å². The van der Waals surface area contributed by atoms with E-state index in [1.807, 2.05) is 13.8 Å². The molecule has 4 nitrogen and oxygen atoms in total. The highest BCUT2D eigenvalue weighted by atomic mass is 19.4. The molecule has 126 valence electrons. The molecule has 2 rings (SSSR count). The zero-order valence-corrected chi connectivity index (χ0v) is 13.0. The van der Waals surface area contributed by atoms with Gasteiger partial charge in [0.15, 0.2) is 0 Å². The van der Waals surface area contributed by atoms with Crippen LogP contribution in [0.2, 0.25) is 0 Å². The largest absolute Gasteiger partial charge is 0.416 e. The third-order valence-corrected chi connectivity index (χ3v) is 4.08. The van der Waals surface area contributed by atoms with Crippen molar-refractivity contribution in [1.82, 2.24) is 5.32 Å². The summed E-state index contributed by atoms with van der Waals surface area (Å²) >= 11 is 0. The third-order valence-electron chi connectivity index (χ3n) is 4.08. The van der Waals surface area contributed by atoms with Gasteiger partial charge in [0, 0.05) is 11.7 Å². The highest BCUT2D eigenvalue weighted by molar-refractivity contribution is 6.13. The number of benzene rings is 1. The van der Waals surface area contributed by atoms with Crippen LogP contribution in [-0.4, -0.2) is 17.9 Å². The lowest BCUT2D eigenvalue weighted by molar-refractivity contribution is -0.137. The summed E-state index contributed by atoms with van der Waals surface area (Å²) in [4.78, 5) is 24.5. The van der Waals surface area contributed by atoms with Crippen LogP contribution in [0, 0.1) is 5.41 Å². The highest BCUT2D eigenvalue weighted by Gasteiger charge is 2.56. The van der Waals surface area contributed by atoms with Gasteiger partial charge in [-0.15, -0.1) is 0 Å². The standard InChI is InChI=1S/C16H19F3N2O2/c1-3-10(2)20-13(22)15(8-9-15)14(23)21-12-6-4-11(5-7-12)16(17,18)19/h4-7,10H,3,8-9H2,1-2H3,(H,20,22)(H,21,23). The molecule has 0 saturated heterocycles. The van der Waals surface area contributed by atoms with Crippen LogP contribution in [0.25, 0.3) is 0 Å². The van der Waals surface area contributed by atoms with E-state index in [9.17, 15) is 22.8 Å². The predicted octanol–water partition coefficient (Wildman–Crippen LogP) is 3.34. The maximum Gasteiger partial charge on any atom is 0.416 e. The van der Waals surface area contributed by atoms with Crippen LogP contribution in [0.15, 0.2) is 24.3 Å². The smallest absolute Gasteiger partial charge is 0.353 e. The van der Waals surface area contributed by atoms with E-state index >= 15 is 0 Å². The molecular formula is C16H19F3N2O2. The molecule has 0 spiro atoms. The number of amides is 2. The summed E-state index contributed by atoms with van der Waals surface area (Å²) in [5.74, 6) is -0.797. The fraction of sp³-hybridized carbons (Fsp3) is 0.500. The number of carbonyl (C=O) groups excluding carboxylic acids is 2. The summed E-state index contributed by atoms with van der Waals surface area (Å²) in [6, 6.07) is 4.13. The first-order valence-electron chi connectivity index (χ1n) is 7.49. The minimum Gasteiger partial charge on any atom is -0.353 e. The Kier molecular flexibility index (Phi) is 4.68. The number of anilines is 1. The monoisotopic (exact) mass is 328 g/mol. The number of rotatable bonds is 5. The van der Waals surface area contributed by atoms with Crippen LogP contribution >= 0.6 is 0 Å².